The molecule has 0 aliphatic rings. The Hall–Kier alpha value is -3.76. The minimum absolute atomic E-state index is 0.197. The summed E-state index contributed by atoms with van der Waals surface area (Å²) in [5.74, 6) is -0.182. The molecule has 180 valence electrons. The number of methoxy groups -OCH3 is 1. The number of benzene rings is 2. The second kappa shape index (κ2) is 10.2. The number of fused-ring (bicyclic) bond motifs is 1. The van der Waals surface area contributed by atoms with Crippen LogP contribution in [0.25, 0.3) is 10.8 Å². The number of hydrogen-bond acceptors (Lipinski definition) is 6. The van der Waals surface area contributed by atoms with Gasteiger partial charge in [0.25, 0.3) is 5.91 Å². The fourth-order valence-electron chi connectivity index (χ4n) is 3.73. The Bertz CT molecular complexity index is 1420. The molecule has 1 amide bonds. The van der Waals surface area contributed by atoms with E-state index in [0.717, 1.165) is 16.9 Å². The fourth-order valence-corrected chi connectivity index (χ4v) is 5.22. The van der Waals surface area contributed by atoms with Gasteiger partial charge in [-0.3, -0.25) is 9.48 Å². The molecule has 2 N–H and O–H groups in total. The van der Waals surface area contributed by atoms with Gasteiger partial charge in [0.15, 0.2) is 10.9 Å². The lowest BCUT2D eigenvalue weighted by atomic mass is 10.0. The molecular formula is C25H25N5O3S2. The highest BCUT2D eigenvalue weighted by Crippen LogP contribution is 2.34. The Morgan fingerprint density at radius 2 is 1.86 bits per heavy atom. The van der Waals surface area contributed by atoms with Crippen LogP contribution in [0.5, 0.6) is 0 Å². The number of hydrogen-bond donors (Lipinski definition) is 2. The van der Waals surface area contributed by atoms with Crippen molar-refractivity contribution in [2.45, 2.75) is 13.5 Å². The molecule has 8 nitrogen and oxygen atoms in total. The average molecular weight is 508 g/mol. The zero-order valence-electron chi connectivity index (χ0n) is 19.8. The monoisotopic (exact) mass is 507 g/mol. The number of carbonyl (C=O) groups excluding carboxylic acids is 2. The molecule has 2 aromatic carbocycles. The molecule has 4 aromatic rings. The maximum Gasteiger partial charge on any atom is 0.341 e. The van der Waals surface area contributed by atoms with Gasteiger partial charge in [-0.1, -0.05) is 42.5 Å². The summed E-state index contributed by atoms with van der Waals surface area (Å²) in [7, 11) is 4.62. The molecule has 0 radical (unpaired) electrons. The largest absolute Gasteiger partial charge is 0.465 e. The maximum atomic E-state index is 12.5. The summed E-state index contributed by atoms with van der Waals surface area (Å²) in [4.78, 5) is 26.9. The molecule has 2 heterocycles. The second-order valence-electron chi connectivity index (χ2n) is 8.07. The zero-order chi connectivity index (χ0) is 25.1. The van der Waals surface area contributed by atoms with Crippen LogP contribution in [0, 0.1) is 6.92 Å². The molecule has 0 spiro atoms. The highest BCUT2D eigenvalue weighted by atomic mass is 32.1. The first-order valence-corrected chi connectivity index (χ1v) is 12.0. The molecule has 0 aliphatic carbocycles. The summed E-state index contributed by atoms with van der Waals surface area (Å²) in [5.41, 5.74) is 1.99. The summed E-state index contributed by atoms with van der Waals surface area (Å²) < 4.78 is 6.75. The minimum Gasteiger partial charge on any atom is -0.465 e. The van der Waals surface area contributed by atoms with Crippen LogP contribution in [0.2, 0.25) is 0 Å². The number of ether oxygens (including phenoxy) is 1. The van der Waals surface area contributed by atoms with E-state index in [1.165, 1.54) is 22.8 Å². The van der Waals surface area contributed by atoms with Crippen LogP contribution in [0.4, 0.5) is 10.8 Å². The molecule has 0 bridgehead atoms. The third-order valence-electron chi connectivity index (χ3n) is 5.46. The number of anilines is 2. The quantitative estimate of drug-likeness (QED) is 0.288. The first-order valence-electron chi connectivity index (χ1n) is 10.8. The van der Waals surface area contributed by atoms with E-state index in [1.807, 2.05) is 35.1 Å². The van der Waals surface area contributed by atoms with Gasteiger partial charge in [0.1, 0.15) is 5.00 Å². The van der Waals surface area contributed by atoms with Gasteiger partial charge in [0.05, 0.1) is 24.1 Å². The van der Waals surface area contributed by atoms with E-state index in [4.69, 9.17) is 17.0 Å². The van der Waals surface area contributed by atoms with Crippen molar-refractivity contribution in [2.75, 3.05) is 31.8 Å². The van der Waals surface area contributed by atoms with E-state index < -0.39 is 5.97 Å². The number of rotatable bonds is 6. The Morgan fingerprint density at radius 1 is 1.11 bits per heavy atom. The highest BCUT2D eigenvalue weighted by molar-refractivity contribution is 7.80. The average Bonchev–Trinajstić information content (AvgIpc) is 3.41. The predicted molar refractivity (Wildman–Crippen MR) is 144 cm³/mol. The van der Waals surface area contributed by atoms with Gasteiger partial charge in [0.2, 0.25) is 0 Å². The van der Waals surface area contributed by atoms with Crippen molar-refractivity contribution in [1.29, 1.82) is 0 Å². The van der Waals surface area contributed by atoms with Crippen LogP contribution in [0.1, 0.15) is 31.2 Å². The number of nitrogens with zero attached hydrogens (tertiary/aromatic N) is 3. The van der Waals surface area contributed by atoms with Gasteiger partial charge in [-0.05, 0) is 41.0 Å². The van der Waals surface area contributed by atoms with Crippen LogP contribution in [-0.2, 0) is 11.3 Å². The predicted octanol–water partition coefficient (Wildman–Crippen LogP) is 4.75. The van der Waals surface area contributed by atoms with Gasteiger partial charge in [-0.2, -0.15) is 5.10 Å². The summed E-state index contributed by atoms with van der Waals surface area (Å²) in [6, 6.07) is 16.3. The third-order valence-corrected chi connectivity index (χ3v) is 6.86. The normalized spacial score (nSPS) is 10.7. The van der Waals surface area contributed by atoms with Crippen molar-refractivity contribution >= 4 is 62.1 Å². The molecule has 10 heteroatoms. The summed E-state index contributed by atoms with van der Waals surface area (Å²) >= 11 is 6.62. The third kappa shape index (κ3) is 5.18. The number of esters is 1. The highest BCUT2D eigenvalue weighted by Gasteiger charge is 2.26. The van der Waals surface area contributed by atoms with E-state index in [1.54, 1.807) is 21.0 Å². The van der Waals surface area contributed by atoms with Gasteiger partial charge in [-0.15, -0.1) is 11.3 Å². The van der Waals surface area contributed by atoms with Gasteiger partial charge < -0.3 is 20.3 Å². The van der Waals surface area contributed by atoms with E-state index in [0.29, 0.717) is 27.8 Å². The Balaban J connectivity index is 1.50. The Labute approximate surface area is 212 Å². The lowest BCUT2D eigenvalue weighted by molar-refractivity contribution is 0.0601. The molecule has 0 atom stereocenters. The standard InChI is InChI=1S/C25H25N5O3S2/c1-15-20(24(32)33-4)22(35-21(15)23(31)29(2)3)27-25(34)26-19-12-13-30(28-19)14-17-10-7-9-16-8-5-6-11-18(16)17/h5-13H,14H2,1-4H3,(H2,26,27,28,34). The van der Waals surface area contributed by atoms with Crippen molar-refractivity contribution in [1.82, 2.24) is 14.7 Å². The smallest absolute Gasteiger partial charge is 0.341 e. The number of nitrogens with one attached hydrogen (secondary N) is 2. The second-order valence-corrected chi connectivity index (χ2v) is 9.50. The topological polar surface area (TPSA) is 88.5 Å². The molecule has 35 heavy (non-hydrogen) atoms. The number of thiocarbonyl (C=S) groups is 1. The lowest BCUT2D eigenvalue weighted by Gasteiger charge is -2.09. The van der Waals surface area contributed by atoms with Crippen LogP contribution >= 0.6 is 23.6 Å². The number of aromatic nitrogens is 2. The van der Waals surface area contributed by atoms with E-state index in [9.17, 15) is 9.59 Å². The molecule has 2 aromatic heterocycles. The summed E-state index contributed by atoms with van der Waals surface area (Å²) in [5, 5.41) is 13.7. The lowest BCUT2D eigenvalue weighted by Crippen LogP contribution is -2.21. The van der Waals surface area contributed by atoms with E-state index in [2.05, 4.69) is 40.0 Å². The Morgan fingerprint density at radius 3 is 2.60 bits per heavy atom. The first-order chi connectivity index (χ1) is 16.8. The molecule has 0 fully saturated rings. The maximum absolute atomic E-state index is 12.5. The van der Waals surface area contributed by atoms with Gasteiger partial charge in [0, 0.05) is 26.4 Å². The Kier molecular flexibility index (Phi) is 7.13. The fraction of sp³-hybridized carbons (Fsp3) is 0.200. The number of carbonyl (C=O) groups is 2. The van der Waals surface area contributed by atoms with Crippen LogP contribution in [0.15, 0.2) is 54.7 Å². The van der Waals surface area contributed by atoms with Crippen molar-refractivity contribution in [3.8, 4) is 0 Å². The molecule has 0 saturated carbocycles. The molecular weight excluding hydrogens is 482 g/mol. The first kappa shape index (κ1) is 24.4. The molecule has 0 aliphatic heterocycles. The molecule has 0 saturated heterocycles. The van der Waals surface area contributed by atoms with Crippen LogP contribution in [-0.4, -0.2) is 52.9 Å². The van der Waals surface area contributed by atoms with E-state index >= 15 is 0 Å². The summed E-state index contributed by atoms with van der Waals surface area (Å²) in [6.45, 7) is 2.33. The van der Waals surface area contributed by atoms with Crippen LogP contribution < -0.4 is 10.6 Å². The van der Waals surface area contributed by atoms with Crippen molar-refractivity contribution < 1.29 is 14.3 Å². The SMILES string of the molecule is COC(=O)c1c(NC(=S)Nc2ccn(Cc3cccc4ccccc34)n2)sc(C(=O)N(C)C)c1C. The summed E-state index contributed by atoms with van der Waals surface area (Å²) in [6.07, 6.45) is 1.87. The van der Waals surface area contributed by atoms with Gasteiger partial charge in [-0.25, -0.2) is 4.79 Å². The minimum atomic E-state index is -0.541. The number of amides is 1. The molecule has 4 rings (SSSR count). The zero-order valence-corrected chi connectivity index (χ0v) is 21.4. The number of thiophene rings is 1. The van der Waals surface area contributed by atoms with Crippen molar-refractivity contribution in [3.63, 3.8) is 0 Å². The van der Waals surface area contributed by atoms with E-state index in [-0.39, 0.29) is 16.6 Å². The van der Waals surface area contributed by atoms with Gasteiger partial charge >= 0.3 is 5.97 Å². The molecule has 0 unspecified atom stereocenters. The van der Waals surface area contributed by atoms with Crippen molar-refractivity contribution in [3.05, 3.63) is 76.3 Å². The van der Waals surface area contributed by atoms with Crippen LogP contribution in [0.3, 0.4) is 0 Å². The van der Waals surface area contributed by atoms with Crippen molar-refractivity contribution in [2.24, 2.45) is 0 Å².